The average molecular weight is 194 g/mol. The molecule has 0 bridgehead atoms. The fourth-order valence-corrected chi connectivity index (χ4v) is 1.56. The van der Waals surface area contributed by atoms with E-state index in [1.807, 2.05) is 24.4 Å². The maximum Gasteiger partial charge on any atom is 0.328 e. The highest BCUT2D eigenvalue weighted by atomic mass is 32.1. The summed E-state index contributed by atoms with van der Waals surface area (Å²) < 4.78 is 0. The molecule has 0 aliphatic carbocycles. The molecule has 13 heavy (non-hydrogen) atoms. The molecule has 0 aliphatic heterocycles. The number of carboxylic acid groups (broad SMARTS) is 1. The van der Waals surface area contributed by atoms with Crippen molar-refractivity contribution in [3.05, 3.63) is 40.1 Å². The van der Waals surface area contributed by atoms with E-state index in [9.17, 15) is 4.79 Å². The van der Waals surface area contributed by atoms with Crippen LogP contribution in [0, 0.1) is 6.92 Å². The molecule has 1 aromatic heterocycles. The van der Waals surface area contributed by atoms with Crippen molar-refractivity contribution in [2.75, 3.05) is 0 Å². The predicted molar refractivity (Wildman–Crippen MR) is 54.9 cm³/mol. The molecule has 0 saturated heterocycles. The summed E-state index contributed by atoms with van der Waals surface area (Å²) in [6.45, 7) is 2.03. The number of aryl methyl sites for hydroxylation is 1. The first-order chi connectivity index (χ1) is 6.20. The largest absolute Gasteiger partial charge is 0.478 e. The summed E-state index contributed by atoms with van der Waals surface area (Å²) >= 11 is 1.68. The van der Waals surface area contributed by atoms with Gasteiger partial charge in [-0.3, -0.25) is 0 Å². The summed E-state index contributed by atoms with van der Waals surface area (Å²) in [6.07, 6.45) is 6.24. The number of carboxylic acids is 1. The van der Waals surface area contributed by atoms with E-state index in [2.05, 4.69) is 0 Å². The lowest BCUT2D eigenvalue weighted by molar-refractivity contribution is -0.131. The van der Waals surface area contributed by atoms with Crippen molar-refractivity contribution in [3.8, 4) is 0 Å². The van der Waals surface area contributed by atoms with Crippen LogP contribution in [0.1, 0.15) is 10.4 Å². The Morgan fingerprint density at radius 3 is 2.85 bits per heavy atom. The molecule has 0 unspecified atom stereocenters. The Kier molecular flexibility index (Phi) is 3.46. The first-order valence-electron chi connectivity index (χ1n) is 3.82. The number of rotatable bonds is 3. The zero-order valence-corrected chi connectivity index (χ0v) is 8.04. The molecule has 0 aliphatic rings. The first-order valence-corrected chi connectivity index (χ1v) is 4.70. The molecular formula is C10H10O2S. The lowest BCUT2D eigenvalue weighted by atomic mass is 10.2. The number of aliphatic carboxylic acids is 1. The van der Waals surface area contributed by atoms with Crippen LogP contribution in [0.25, 0.3) is 6.08 Å². The van der Waals surface area contributed by atoms with Crippen LogP contribution in [0.15, 0.2) is 29.7 Å². The van der Waals surface area contributed by atoms with E-state index in [-0.39, 0.29) is 0 Å². The van der Waals surface area contributed by atoms with Crippen molar-refractivity contribution in [1.29, 1.82) is 0 Å². The number of hydrogen-bond acceptors (Lipinski definition) is 2. The van der Waals surface area contributed by atoms with E-state index in [1.54, 1.807) is 17.4 Å². The smallest absolute Gasteiger partial charge is 0.328 e. The zero-order chi connectivity index (χ0) is 9.68. The summed E-state index contributed by atoms with van der Waals surface area (Å²) in [4.78, 5) is 11.3. The quantitative estimate of drug-likeness (QED) is 0.593. The Morgan fingerprint density at radius 1 is 1.54 bits per heavy atom. The standard InChI is InChI=1S/C10H10O2S/c1-8-9(6-7-13-8)4-2-3-5-10(11)12/h2-7H,1H3,(H,11,12)/b4-2+,5-3+. The monoisotopic (exact) mass is 194 g/mol. The molecule has 0 aromatic carbocycles. The first kappa shape index (κ1) is 9.74. The lowest BCUT2D eigenvalue weighted by Gasteiger charge is -1.86. The number of allylic oxidation sites excluding steroid dienone is 2. The Balaban J connectivity index is 2.59. The van der Waals surface area contributed by atoms with Crippen LogP contribution in [-0.2, 0) is 4.79 Å². The van der Waals surface area contributed by atoms with Gasteiger partial charge in [0, 0.05) is 11.0 Å². The highest BCUT2D eigenvalue weighted by Gasteiger charge is 1.91. The van der Waals surface area contributed by atoms with E-state index >= 15 is 0 Å². The fourth-order valence-electron chi connectivity index (χ4n) is 0.865. The number of carbonyl (C=O) groups is 1. The van der Waals surface area contributed by atoms with Crippen LogP contribution in [0.3, 0.4) is 0 Å². The van der Waals surface area contributed by atoms with Gasteiger partial charge in [0.25, 0.3) is 0 Å². The van der Waals surface area contributed by atoms with Gasteiger partial charge in [0.2, 0.25) is 0 Å². The van der Waals surface area contributed by atoms with Crippen LogP contribution >= 0.6 is 11.3 Å². The highest BCUT2D eigenvalue weighted by molar-refractivity contribution is 7.10. The van der Waals surface area contributed by atoms with Gasteiger partial charge in [-0.2, -0.15) is 0 Å². The Hall–Kier alpha value is -1.35. The van der Waals surface area contributed by atoms with Gasteiger partial charge in [-0.25, -0.2) is 4.79 Å². The second-order valence-corrected chi connectivity index (χ2v) is 3.61. The summed E-state index contributed by atoms with van der Waals surface area (Å²) in [5.41, 5.74) is 1.14. The van der Waals surface area contributed by atoms with Gasteiger partial charge in [0.15, 0.2) is 0 Å². The third-order valence-corrected chi connectivity index (χ3v) is 2.39. The van der Waals surface area contributed by atoms with Crippen LogP contribution in [0.5, 0.6) is 0 Å². The normalized spacial score (nSPS) is 11.5. The maximum atomic E-state index is 10.1. The number of thiophene rings is 1. The van der Waals surface area contributed by atoms with Gasteiger partial charge in [-0.05, 0) is 23.9 Å². The predicted octanol–water partition coefficient (Wildman–Crippen LogP) is 2.71. The van der Waals surface area contributed by atoms with E-state index in [4.69, 9.17) is 5.11 Å². The minimum absolute atomic E-state index is 0.924. The Morgan fingerprint density at radius 2 is 2.31 bits per heavy atom. The third-order valence-electron chi connectivity index (χ3n) is 1.52. The SMILES string of the molecule is Cc1sccc1/C=C/C=C/C(=O)O. The molecule has 0 atom stereocenters. The molecule has 1 N–H and O–H groups in total. The fraction of sp³-hybridized carbons (Fsp3) is 0.100. The Bertz CT molecular complexity index is 348. The zero-order valence-electron chi connectivity index (χ0n) is 7.23. The molecule has 0 fully saturated rings. The second kappa shape index (κ2) is 4.62. The van der Waals surface area contributed by atoms with Crippen LogP contribution in [0.4, 0.5) is 0 Å². The molecular weight excluding hydrogens is 184 g/mol. The summed E-state index contributed by atoms with van der Waals surface area (Å²) in [5, 5.41) is 10.3. The van der Waals surface area contributed by atoms with Gasteiger partial charge >= 0.3 is 5.97 Å². The summed E-state index contributed by atoms with van der Waals surface area (Å²) in [5.74, 6) is -0.924. The van der Waals surface area contributed by atoms with E-state index in [0.29, 0.717) is 0 Å². The molecule has 1 rings (SSSR count). The Labute approximate surface area is 80.8 Å². The van der Waals surface area contributed by atoms with Crippen molar-refractivity contribution in [2.24, 2.45) is 0 Å². The van der Waals surface area contributed by atoms with Crippen molar-refractivity contribution >= 4 is 23.4 Å². The molecule has 1 heterocycles. The number of hydrogen-bond donors (Lipinski definition) is 1. The van der Waals surface area contributed by atoms with Crippen LogP contribution < -0.4 is 0 Å². The van der Waals surface area contributed by atoms with E-state index < -0.39 is 5.97 Å². The van der Waals surface area contributed by atoms with Gasteiger partial charge in [-0.15, -0.1) is 11.3 Å². The topological polar surface area (TPSA) is 37.3 Å². The third kappa shape index (κ3) is 3.25. The van der Waals surface area contributed by atoms with Crippen LogP contribution in [0.2, 0.25) is 0 Å². The van der Waals surface area contributed by atoms with E-state index in [1.165, 1.54) is 11.0 Å². The summed E-state index contributed by atoms with van der Waals surface area (Å²) in [6, 6.07) is 2.01. The molecule has 0 saturated carbocycles. The van der Waals surface area contributed by atoms with Crippen LogP contribution in [-0.4, -0.2) is 11.1 Å². The van der Waals surface area contributed by atoms with Crippen molar-refractivity contribution in [2.45, 2.75) is 6.92 Å². The molecule has 3 heteroatoms. The maximum absolute atomic E-state index is 10.1. The minimum Gasteiger partial charge on any atom is -0.478 e. The summed E-state index contributed by atoms with van der Waals surface area (Å²) in [7, 11) is 0. The molecule has 2 nitrogen and oxygen atoms in total. The van der Waals surface area contributed by atoms with Gasteiger partial charge in [-0.1, -0.05) is 18.2 Å². The molecule has 0 radical (unpaired) electrons. The van der Waals surface area contributed by atoms with Crippen molar-refractivity contribution in [1.82, 2.24) is 0 Å². The molecule has 0 amide bonds. The van der Waals surface area contributed by atoms with E-state index in [0.717, 1.165) is 11.6 Å². The van der Waals surface area contributed by atoms with Crippen molar-refractivity contribution in [3.63, 3.8) is 0 Å². The lowest BCUT2D eigenvalue weighted by Crippen LogP contribution is -1.84. The minimum atomic E-state index is -0.924. The van der Waals surface area contributed by atoms with Gasteiger partial charge < -0.3 is 5.11 Å². The van der Waals surface area contributed by atoms with Gasteiger partial charge in [0.1, 0.15) is 0 Å². The van der Waals surface area contributed by atoms with Gasteiger partial charge in [0.05, 0.1) is 0 Å². The molecule has 1 aromatic rings. The highest BCUT2D eigenvalue weighted by Crippen LogP contribution is 2.16. The molecule has 68 valence electrons. The average Bonchev–Trinajstić information content (AvgIpc) is 2.45. The molecule has 0 spiro atoms. The van der Waals surface area contributed by atoms with Crippen molar-refractivity contribution < 1.29 is 9.90 Å². The second-order valence-electron chi connectivity index (χ2n) is 2.49.